The van der Waals surface area contributed by atoms with Gasteiger partial charge < -0.3 is 14.4 Å². The predicted molar refractivity (Wildman–Crippen MR) is 85.6 cm³/mol. The molecule has 21 heavy (non-hydrogen) atoms. The van der Waals surface area contributed by atoms with E-state index >= 15 is 0 Å². The monoisotopic (exact) mass is 355 g/mol. The Hall–Kier alpha value is -1.23. The molecule has 0 aliphatic carbocycles. The van der Waals surface area contributed by atoms with Gasteiger partial charge in [0, 0.05) is 6.54 Å². The van der Waals surface area contributed by atoms with Crippen LogP contribution in [0.2, 0.25) is 0 Å². The second kappa shape index (κ2) is 6.69. The highest BCUT2D eigenvalue weighted by molar-refractivity contribution is 9.10. The molecular formula is C16H22BrNO3. The Labute approximate surface area is 134 Å². The second-order valence-electron chi connectivity index (χ2n) is 6.24. The summed E-state index contributed by atoms with van der Waals surface area (Å²) in [5, 5.41) is 0. The third kappa shape index (κ3) is 4.92. The number of carbonyl (C=O) groups excluding carboxylic acids is 1. The summed E-state index contributed by atoms with van der Waals surface area (Å²) in [5.74, 6) is 0.813. The van der Waals surface area contributed by atoms with E-state index in [-0.39, 0.29) is 12.2 Å². The van der Waals surface area contributed by atoms with Gasteiger partial charge in [0.25, 0.3) is 0 Å². The molecule has 1 atom stereocenters. The van der Waals surface area contributed by atoms with Crippen LogP contribution in [0.5, 0.6) is 5.75 Å². The zero-order valence-electron chi connectivity index (χ0n) is 12.8. The maximum absolute atomic E-state index is 12.1. The van der Waals surface area contributed by atoms with Crippen molar-refractivity contribution in [2.45, 2.75) is 45.3 Å². The molecule has 116 valence electrons. The fourth-order valence-electron chi connectivity index (χ4n) is 2.25. The minimum Gasteiger partial charge on any atom is -0.487 e. The second-order valence-corrected chi connectivity index (χ2v) is 7.09. The molecule has 1 aromatic rings. The number of ether oxygens (including phenoxy) is 2. The molecule has 1 saturated heterocycles. The first-order chi connectivity index (χ1) is 9.85. The van der Waals surface area contributed by atoms with Gasteiger partial charge in [-0.2, -0.15) is 0 Å². The molecule has 2 rings (SSSR count). The maximum atomic E-state index is 12.1. The number of rotatable bonds is 2. The third-order valence-electron chi connectivity index (χ3n) is 3.16. The number of amides is 1. The van der Waals surface area contributed by atoms with Crippen LogP contribution in [0, 0.1) is 0 Å². The van der Waals surface area contributed by atoms with E-state index < -0.39 is 5.60 Å². The molecule has 0 aromatic heterocycles. The largest absolute Gasteiger partial charge is 0.487 e. The molecular weight excluding hydrogens is 334 g/mol. The number of nitrogens with zero attached hydrogens (tertiary/aromatic N) is 1. The molecule has 4 nitrogen and oxygen atoms in total. The normalized spacial score (nSPS) is 19.2. The minimum absolute atomic E-state index is 0.00460. The fourth-order valence-corrected chi connectivity index (χ4v) is 2.62. The minimum atomic E-state index is -0.465. The van der Waals surface area contributed by atoms with Crippen LogP contribution < -0.4 is 4.74 Å². The highest BCUT2D eigenvalue weighted by atomic mass is 79.9. The lowest BCUT2D eigenvalue weighted by atomic mass is 10.1. The van der Waals surface area contributed by atoms with E-state index in [1.807, 2.05) is 45.0 Å². The number of likely N-dealkylation sites (tertiary alicyclic amines) is 1. The van der Waals surface area contributed by atoms with Crippen molar-refractivity contribution in [1.82, 2.24) is 4.90 Å². The summed E-state index contributed by atoms with van der Waals surface area (Å²) in [4.78, 5) is 13.8. The first-order valence-electron chi connectivity index (χ1n) is 7.24. The summed E-state index contributed by atoms with van der Waals surface area (Å²) in [6.07, 6.45) is 1.61. The lowest BCUT2D eigenvalue weighted by molar-refractivity contribution is 0.00768. The number of hydrogen-bond donors (Lipinski definition) is 0. The summed E-state index contributed by atoms with van der Waals surface area (Å²) in [6.45, 7) is 6.93. The summed E-state index contributed by atoms with van der Waals surface area (Å²) < 4.78 is 12.4. The SMILES string of the molecule is CC(C)(C)OC(=O)N1CCC[C@@H](Oc2ccccc2Br)C1. The Kier molecular flexibility index (Phi) is 5.14. The number of para-hydroxylation sites is 1. The van der Waals surface area contributed by atoms with Crippen LogP contribution in [-0.2, 0) is 4.74 Å². The van der Waals surface area contributed by atoms with Crippen LogP contribution in [0.3, 0.4) is 0 Å². The van der Waals surface area contributed by atoms with E-state index in [1.165, 1.54) is 0 Å². The number of benzene rings is 1. The van der Waals surface area contributed by atoms with E-state index in [0.29, 0.717) is 6.54 Å². The highest BCUT2D eigenvalue weighted by Crippen LogP contribution is 2.27. The molecule has 5 heteroatoms. The van der Waals surface area contributed by atoms with Crippen molar-refractivity contribution >= 4 is 22.0 Å². The Morgan fingerprint density at radius 2 is 2.05 bits per heavy atom. The molecule has 0 radical (unpaired) electrons. The van der Waals surface area contributed by atoms with Gasteiger partial charge in [-0.3, -0.25) is 0 Å². The van der Waals surface area contributed by atoms with E-state index in [0.717, 1.165) is 29.6 Å². The van der Waals surface area contributed by atoms with Crippen molar-refractivity contribution in [1.29, 1.82) is 0 Å². The Balaban J connectivity index is 1.95. The molecule has 1 fully saturated rings. The van der Waals surface area contributed by atoms with Gasteiger partial charge in [-0.1, -0.05) is 12.1 Å². The smallest absolute Gasteiger partial charge is 0.410 e. The van der Waals surface area contributed by atoms with Crippen LogP contribution in [0.25, 0.3) is 0 Å². The van der Waals surface area contributed by atoms with Crippen LogP contribution in [0.4, 0.5) is 4.79 Å². The highest BCUT2D eigenvalue weighted by Gasteiger charge is 2.28. The van der Waals surface area contributed by atoms with Gasteiger partial charge in [0.1, 0.15) is 17.5 Å². The van der Waals surface area contributed by atoms with Crippen molar-refractivity contribution in [2.24, 2.45) is 0 Å². The standard InChI is InChI=1S/C16H22BrNO3/c1-16(2,3)21-15(19)18-10-6-7-12(11-18)20-14-9-5-4-8-13(14)17/h4-5,8-9,12H,6-7,10-11H2,1-3H3/t12-/m1/s1. The van der Waals surface area contributed by atoms with Crippen LogP contribution in [-0.4, -0.2) is 35.8 Å². The molecule has 1 amide bonds. The third-order valence-corrected chi connectivity index (χ3v) is 3.82. The molecule has 1 aliphatic rings. The molecule has 1 aliphatic heterocycles. The van der Waals surface area contributed by atoms with Gasteiger partial charge >= 0.3 is 6.09 Å². The Morgan fingerprint density at radius 3 is 2.71 bits per heavy atom. The fraction of sp³-hybridized carbons (Fsp3) is 0.562. The van der Waals surface area contributed by atoms with Gasteiger partial charge in [-0.05, 0) is 61.7 Å². The van der Waals surface area contributed by atoms with Crippen molar-refractivity contribution in [3.8, 4) is 5.75 Å². The number of piperidine rings is 1. The van der Waals surface area contributed by atoms with E-state index in [4.69, 9.17) is 9.47 Å². The van der Waals surface area contributed by atoms with Crippen molar-refractivity contribution < 1.29 is 14.3 Å². The number of hydrogen-bond acceptors (Lipinski definition) is 3. The molecule has 0 unspecified atom stereocenters. The van der Waals surface area contributed by atoms with E-state index in [1.54, 1.807) is 4.90 Å². The Morgan fingerprint density at radius 1 is 1.33 bits per heavy atom. The van der Waals surface area contributed by atoms with Crippen molar-refractivity contribution in [3.05, 3.63) is 28.7 Å². The lowest BCUT2D eigenvalue weighted by Crippen LogP contribution is -2.46. The van der Waals surface area contributed by atoms with Gasteiger partial charge in [0.2, 0.25) is 0 Å². The molecule has 0 bridgehead atoms. The molecule has 0 N–H and O–H groups in total. The zero-order valence-corrected chi connectivity index (χ0v) is 14.4. The molecule has 1 aromatic carbocycles. The maximum Gasteiger partial charge on any atom is 0.410 e. The first-order valence-corrected chi connectivity index (χ1v) is 8.03. The summed E-state index contributed by atoms with van der Waals surface area (Å²) in [7, 11) is 0. The molecule has 0 saturated carbocycles. The average Bonchev–Trinajstić information content (AvgIpc) is 2.40. The van der Waals surface area contributed by atoms with Gasteiger partial charge in [-0.15, -0.1) is 0 Å². The lowest BCUT2D eigenvalue weighted by Gasteiger charge is -2.34. The zero-order chi connectivity index (χ0) is 15.5. The van der Waals surface area contributed by atoms with Crippen molar-refractivity contribution in [3.63, 3.8) is 0 Å². The Bertz CT molecular complexity index is 499. The summed E-state index contributed by atoms with van der Waals surface area (Å²) in [5.41, 5.74) is -0.465. The van der Waals surface area contributed by atoms with Crippen LogP contribution >= 0.6 is 15.9 Å². The summed E-state index contributed by atoms with van der Waals surface area (Å²) in [6, 6.07) is 7.76. The van der Waals surface area contributed by atoms with Crippen LogP contribution in [0.15, 0.2) is 28.7 Å². The number of halogens is 1. The van der Waals surface area contributed by atoms with Gasteiger partial charge in [0.15, 0.2) is 0 Å². The van der Waals surface area contributed by atoms with E-state index in [2.05, 4.69) is 15.9 Å². The van der Waals surface area contributed by atoms with Gasteiger partial charge in [-0.25, -0.2) is 4.79 Å². The first kappa shape index (κ1) is 16.1. The topological polar surface area (TPSA) is 38.8 Å². The number of carbonyl (C=O) groups is 1. The predicted octanol–water partition coefficient (Wildman–Crippen LogP) is 4.23. The van der Waals surface area contributed by atoms with Crippen LogP contribution in [0.1, 0.15) is 33.6 Å². The molecule has 1 heterocycles. The van der Waals surface area contributed by atoms with Crippen molar-refractivity contribution in [2.75, 3.05) is 13.1 Å². The quantitative estimate of drug-likeness (QED) is 0.796. The van der Waals surface area contributed by atoms with E-state index in [9.17, 15) is 4.79 Å². The molecule has 0 spiro atoms. The van der Waals surface area contributed by atoms with Gasteiger partial charge in [0.05, 0.1) is 11.0 Å². The average molecular weight is 356 g/mol. The summed E-state index contributed by atoms with van der Waals surface area (Å²) >= 11 is 3.48.